The average molecular weight is 253 g/mol. The van der Waals surface area contributed by atoms with Crippen LogP contribution in [0.25, 0.3) is 0 Å². The molecule has 0 heterocycles. The van der Waals surface area contributed by atoms with Crippen LogP contribution in [0.3, 0.4) is 0 Å². The summed E-state index contributed by atoms with van der Waals surface area (Å²) >= 11 is 6.11. The molecule has 17 heavy (non-hydrogen) atoms. The van der Waals surface area contributed by atoms with E-state index < -0.39 is 0 Å². The van der Waals surface area contributed by atoms with Crippen molar-refractivity contribution in [3.8, 4) is 6.07 Å². The van der Waals surface area contributed by atoms with Crippen LogP contribution >= 0.6 is 11.6 Å². The first-order chi connectivity index (χ1) is 7.90. The molecule has 3 nitrogen and oxygen atoms in total. The Bertz CT molecular complexity index is 438. The number of hydrogen-bond donors (Lipinski definition) is 1. The highest BCUT2D eigenvalue weighted by molar-refractivity contribution is 6.31. The van der Waals surface area contributed by atoms with E-state index >= 15 is 0 Å². The number of rotatable bonds is 4. The fourth-order valence-corrected chi connectivity index (χ4v) is 1.58. The number of aliphatic hydroxyl groups is 1. The summed E-state index contributed by atoms with van der Waals surface area (Å²) < 4.78 is 0. The number of nitrogens with zero attached hydrogens (tertiary/aromatic N) is 2. The molecule has 1 N–H and O–H groups in total. The number of halogens is 1. The zero-order chi connectivity index (χ0) is 13.1. The Balaban J connectivity index is 2.86. The third-order valence-electron chi connectivity index (χ3n) is 3.01. The van der Waals surface area contributed by atoms with Crippen molar-refractivity contribution in [3.05, 3.63) is 34.3 Å². The van der Waals surface area contributed by atoms with Crippen molar-refractivity contribution in [2.45, 2.75) is 25.9 Å². The smallest absolute Gasteiger partial charge is 0.0992 e. The molecule has 0 radical (unpaired) electrons. The molecule has 0 saturated heterocycles. The lowest BCUT2D eigenvalue weighted by Gasteiger charge is -2.34. The molecule has 0 fully saturated rings. The first kappa shape index (κ1) is 14.0. The van der Waals surface area contributed by atoms with E-state index in [1.54, 1.807) is 12.1 Å². The van der Waals surface area contributed by atoms with Crippen molar-refractivity contribution in [2.24, 2.45) is 0 Å². The van der Waals surface area contributed by atoms with Gasteiger partial charge >= 0.3 is 0 Å². The van der Waals surface area contributed by atoms with E-state index in [0.29, 0.717) is 17.1 Å². The Hall–Kier alpha value is -1.08. The van der Waals surface area contributed by atoms with Gasteiger partial charge < -0.3 is 5.11 Å². The highest BCUT2D eigenvalue weighted by Crippen LogP contribution is 2.22. The van der Waals surface area contributed by atoms with Gasteiger partial charge in [0.1, 0.15) is 0 Å². The van der Waals surface area contributed by atoms with Gasteiger partial charge in [0.2, 0.25) is 0 Å². The van der Waals surface area contributed by atoms with Gasteiger partial charge in [0.05, 0.1) is 18.2 Å². The van der Waals surface area contributed by atoms with Crippen molar-refractivity contribution < 1.29 is 5.11 Å². The van der Waals surface area contributed by atoms with Gasteiger partial charge in [-0.1, -0.05) is 17.7 Å². The van der Waals surface area contributed by atoms with Crippen LogP contribution in [0.2, 0.25) is 5.02 Å². The first-order valence-electron chi connectivity index (χ1n) is 5.41. The van der Waals surface area contributed by atoms with Gasteiger partial charge in [-0.25, -0.2) is 0 Å². The molecule has 1 aromatic rings. The summed E-state index contributed by atoms with van der Waals surface area (Å²) in [6.07, 6.45) is 0. The summed E-state index contributed by atoms with van der Waals surface area (Å²) in [4.78, 5) is 2.03. The lowest BCUT2D eigenvalue weighted by molar-refractivity contribution is 0.0734. The lowest BCUT2D eigenvalue weighted by atomic mass is 10.0. The SMILES string of the molecule is CN(Cc1ccc(C#N)cc1Cl)C(C)(C)CO. The van der Waals surface area contributed by atoms with Crippen LogP contribution in [-0.4, -0.2) is 29.2 Å². The summed E-state index contributed by atoms with van der Waals surface area (Å²) in [5, 5.41) is 18.6. The number of nitriles is 1. The molecule has 0 atom stereocenters. The molecular formula is C13H17ClN2O. The summed E-state index contributed by atoms with van der Waals surface area (Å²) in [6.45, 7) is 4.64. The Morgan fingerprint density at radius 3 is 2.59 bits per heavy atom. The molecule has 4 heteroatoms. The van der Waals surface area contributed by atoms with Crippen LogP contribution < -0.4 is 0 Å². The van der Waals surface area contributed by atoms with Crippen molar-refractivity contribution in [1.29, 1.82) is 5.26 Å². The molecule has 0 aliphatic rings. The maximum atomic E-state index is 9.28. The van der Waals surface area contributed by atoms with Crippen LogP contribution in [0.1, 0.15) is 25.0 Å². The molecule has 0 spiro atoms. The number of aliphatic hydroxyl groups excluding tert-OH is 1. The van der Waals surface area contributed by atoms with Crippen LogP contribution in [0.4, 0.5) is 0 Å². The minimum atomic E-state index is -0.294. The molecule has 0 aromatic heterocycles. The van der Waals surface area contributed by atoms with Gasteiger partial charge in [-0.3, -0.25) is 4.90 Å². The quantitative estimate of drug-likeness (QED) is 0.895. The van der Waals surface area contributed by atoms with Crippen molar-refractivity contribution in [2.75, 3.05) is 13.7 Å². The van der Waals surface area contributed by atoms with Crippen LogP contribution in [0.15, 0.2) is 18.2 Å². The largest absolute Gasteiger partial charge is 0.394 e. The normalized spacial score (nSPS) is 11.6. The van der Waals surface area contributed by atoms with Crippen LogP contribution in [0.5, 0.6) is 0 Å². The highest BCUT2D eigenvalue weighted by atomic mass is 35.5. The van der Waals surface area contributed by atoms with E-state index in [4.69, 9.17) is 16.9 Å². The van der Waals surface area contributed by atoms with E-state index in [1.165, 1.54) is 0 Å². The maximum absolute atomic E-state index is 9.28. The van der Waals surface area contributed by atoms with Gasteiger partial charge in [0.15, 0.2) is 0 Å². The Morgan fingerprint density at radius 2 is 2.12 bits per heavy atom. The van der Waals surface area contributed by atoms with Crippen LogP contribution in [-0.2, 0) is 6.54 Å². The van der Waals surface area contributed by atoms with Crippen LogP contribution in [0, 0.1) is 11.3 Å². The van der Waals surface area contributed by atoms with Crippen molar-refractivity contribution >= 4 is 11.6 Å². The Kier molecular flexibility index (Phi) is 4.53. The van der Waals surface area contributed by atoms with Gasteiger partial charge in [-0.05, 0) is 38.6 Å². The molecule has 92 valence electrons. The van der Waals surface area contributed by atoms with Crippen molar-refractivity contribution in [1.82, 2.24) is 4.90 Å². The Morgan fingerprint density at radius 1 is 1.47 bits per heavy atom. The zero-order valence-electron chi connectivity index (χ0n) is 10.4. The number of benzene rings is 1. The second-order valence-corrected chi connectivity index (χ2v) is 5.15. The summed E-state index contributed by atoms with van der Waals surface area (Å²) in [6, 6.07) is 7.32. The second kappa shape index (κ2) is 5.50. The topological polar surface area (TPSA) is 47.3 Å². The summed E-state index contributed by atoms with van der Waals surface area (Å²) in [5.41, 5.74) is 1.22. The summed E-state index contributed by atoms with van der Waals surface area (Å²) in [7, 11) is 1.94. The van der Waals surface area contributed by atoms with E-state index in [0.717, 1.165) is 5.56 Å². The van der Waals surface area contributed by atoms with Gasteiger partial charge in [-0.2, -0.15) is 5.26 Å². The second-order valence-electron chi connectivity index (χ2n) is 4.74. The average Bonchev–Trinajstić information content (AvgIpc) is 2.31. The monoisotopic (exact) mass is 252 g/mol. The van der Waals surface area contributed by atoms with E-state index in [-0.39, 0.29) is 12.1 Å². The zero-order valence-corrected chi connectivity index (χ0v) is 11.1. The van der Waals surface area contributed by atoms with Gasteiger partial charge in [0.25, 0.3) is 0 Å². The molecular weight excluding hydrogens is 236 g/mol. The third-order valence-corrected chi connectivity index (χ3v) is 3.36. The standard InChI is InChI=1S/C13H17ClN2O/c1-13(2,9-17)16(3)8-11-5-4-10(7-15)6-12(11)14/h4-6,17H,8-9H2,1-3H3. The minimum Gasteiger partial charge on any atom is -0.394 e. The molecule has 1 aromatic carbocycles. The fourth-order valence-electron chi connectivity index (χ4n) is 1.34. The molecule has 0 bridgehead atoms. The fraction of sp³-hybridized carbons (Fsp3) is 0.462. The third kappa shape index (κ3) is 3.44. The summed E-state index contributed by atoms with van der Waals surface area (Å²) in [5.74, 6) is 0. The predicted octanol–water partition coefficient (Wildman–Crippen LogP) is 2.41. The molecule has 0 aliphatic heterocycles. The van der Waals surface area contributed by atoms with Crippen molar-refractivity contribution in [3.63, 3.8) is 0 Å². The number of hydrogen-bond acceptors (Lipinski definition) is 3. The van der Waals surface area contributed by atoms with E-state index in [2.05, 4.69) is 6.07 Å². The predicted molar refractivity (Wildman–Crippen MR) is 68.8 cm³/mol. The molecule has 0 amide bonds. The molecule has 0 aliphatic carbocycles. The number of likely N-dealkylation sites (N-methyl/N-ethyl adjacent to an activating group) is 1. The molecule has 1 rings (SSSR count). The first-order valence-corrected chi connectivity index (χ1v) is 5.79. The Labute approximate surface area is 107 Å². The lowest BCUT2D eigenvalue weighted by Crippen LogP contribution is -2.43. The van der Waals surface area contributed by atoms with Gasteiger partial charge in [0, 0.05) is 17.1 Å². The van der Waals surface area contributed by atoms with Gasteiger partial charge in [-0.15, -0.1) is 0 Å². The molecule has 0 saturated carbocycles. The maximum Gasteiger partial charge on any atom is 0.0992 e. The highest BCUT2D eigenvalue weighted by Gasteiger charge is 2.22. The molecule has 0 unspecified atom stereocenters. The van der Waals surface area contributed by atoms with E-state index in [9.17, 15) is 5.11 Å². The van der Waals surface area contributed by atoms with E-state index in [1.807, 2.05) is 31.9 Å². The minimum absolute atomic E-state index is 0.0808.